The van der Waals surface area contributed by atoms with Crippen LogP contribution in [-0.2, 0) is 0 Å². The van der Waals surface area contributed by atoms with Gasteiger partial charge in [-0.1, -0.05) is 315 Å². The fourth-order valence-corrected chi connectivity index (χ4v) is 18.3. The van der Waals surface area contributed by atoms with Gasteiger partial charge in [0.25, 0.3) is 0 Å². The van der Waals surface area contributed by atoms with Crippen molar-refractivity contribution < 1.29 is 0 Å². The van der Waals surface area contributed by atoms with Crippen LogP contribution in [-0.4, -0.2) is 0 Å². The average Bonchev–Trinajstić information content (AvgIpc) is 1.52. The largest absolute Gasteiger partial charge is 0.0622 e. The van der Waals surface area contributed by atoms with Gasteiger partial charge in [0.05, 0.1) is 0 Å². The van der Waals surface area contributed by atoms with Crippen LogP contribution in [0.5, 0.6) is 0 Å². The summed E-state index contributed by atoms with van der Waals surface area (Å²) in [5, 5.41) is 28.7. The van der Waals surface area contributed by atoms with E-state index in [9.17, 15) is 0 Å². The van der Waals surface area contributed by atoms with Gasteiger partial charge in [0.15, 0.2) is 0 Å². The molecule has 0 radical (unpaired) electrons. The van der Waals surface area contributed by atoms with Crippen molar-refractivity contribution in [2.45, 2.75) is 0 Å². The minimum atomic E-state index is 1.21. The summed E-state index contributed by atoms with van der Waals surface area (Å²) >= 11 is 0. The van der Waals surface area contributed by atoms with Crippen molar-refractivity contribution in [2.75, 3.05) is 0 Å². The van der Waals surface area contributed by atoms with Crippen molar-refractivity contribution in [3.8, 4) is 111 Å². The van der Waals surface area contributed by atoms with Crippen molar-refractivity contribution in [2.24, 2.45) is 0 Å². The zero-order valence-electron chi connectivity index (χ0n) is 52.2. The lowest BCUT2D eigenvalue weighted by atomic mass is 9.81. The topological polar surface area (TPSA) is 0 Å². The molecule has 0 spiro atoms. The predicted octanol–water partition coefficient (Wildman–Crippen LogP) is 26.2. The van der Waals surface area contributed by atoms with E-state index in [-0.39, 0.29) is 0 Å². The number of hydrogen-bond donors (Lipinski definition) is 0. The van der Waals surface area contributed by atoms with Crippen LogP contribution in [0.2, 0.25) is 0 Å². The molecule has 0 amide bonds. The van der Waals surface area contributed by atoms with Gasteiger partial charge in [0, 0.05) is 0 Å². The standard InChI is InChI=1S/C96H54/c1-9-25-55(26-10-1)63-41-42-64(56-27-11-2-12-28-56)82-68-46-49-71-86-70(48-45-67(81(63)82)85(68)86)91-79(61-37-21-7-22-38-61)93-74-52-51-73-87-75(59-33-17-5-18-34-59)53-77-84-66(58-31-15-4-16-32-58)44-43-65(57-29-13-3-14-30-57)83(84)69-47-50-72(94(87)89(69)77)88-76(60-35-19-6-20-36-60)54-78(90(74)95(73)88)96(93)80(92(71)91)62-39-23-8-24-40-62/h1-54H. The molecule has 22 rings (SSSR count). The first-order valence-electron chi connectivity index (χ1n) is 33.7. The molecule has 0 unspecified atom stereocenters. The van der Waals surface area contributed by atoms with Crippen LogP contribution in [0.15, 0.2) is 328 Å². The molecular weight excluding hydrogens is 1150 g/mol. The quantitative estimate of drug-likeness (QED) is 0.105. The first-order chi connectivity index (χ1) is 47.7. The Bertz CT molecular complexity index is 6810. The maximum Gasteiger partial charge on any atom is -0.000696 e. The summed E-state index contributed by atoms with van der Waals surface area (Å²) in [4.78, 5) is 0. The third kappa shape index (κ3) is 6.86. The molecule has 0 N–H and O–H groups in total. The molecule has 0 atom stereocenters. The van der Waals surface area contributed by atoms with Gasteiger partial charge in [0.2, 0.25) is 0 Å². The Morgan fingerprint density at radius 3 is 0.823 bits per heavy atom. The molecule has 0 saturated heterocycles. The summed E-state index contributed by atoms with van der Waals surface area (Å²) in [7, 11) is 0. The molecule has 0 heterocycles. The summed E-state index contributed by atoms with van der Waals surface area (Å²) in [6.45, 7) is 0. The third-order valence-electron chi connectivity index (χ3n) is 22.0. The van der Waals surface area contributed by atoms with Gasteiger partial charge in [-0.05, 0) is 241 Å². The zero-order valence-corrected chi connectivity index (χ0v) is 52.2. The maximum absolute atomic E-state index is 2.63. The van der Waals surface area contributed by atoms with E-state index in [0.29, 0.717) is 0 Å². The smallest absolute Gasteiger partial charge is 0.000696 e. The lowest BCUT2D eigenvalue weighted by molar-refractivity contribution is 1.46. The van der Waals surface area contributed by atoms with Gasteiger partial charge < -0.3 is 0 Å². The van der Waals surface area contributed by atoms with Gasteiger partial charge in [-0.25, -0.2) is 0 Å². The molecule has 438 valence electrons. The third-order valence-corrected chi connectivity index (χ3v) is 22.0. The average molecular weight is 1210 g/mol. The van der Waals surface area contributed by atoms with Crippen LogP contribution >= 0.6 is 0 Å². The minimum Gasteiger partial charge on any atom is -0.0622 e. The Morgan fingerprint density at radius 2 is 0.406 bits per heavy atom. The van der Waals surface area contributed by atoms with Crippen LogP contribution in [0.4, 0.5) is 0 Å². The minimum absolute atomic E-state index is 1.21. The van der Waals surface area contributed by atoms with E-state index in [1.165, 1.54) is 229 Å². The number of hydrogen-bond acceptors (Lipinski definition) is 0. The zero-order chi connectivity index (χ0) is 62.4. The van der Waals surface area contributed by atoms with Crippen molar-refractivity contribution in [1.29, 1.82) is 0 Å². The van der Waals surface area contributed by atoms with Crippen molar-refractivity contribution in [3.63, 3.8) is 0 Å². The van der Waals surface area contributed by atoms with E-state index in [4.69, 9.17) is 0 Å². The Hall–Kier alpha value is -12.5. The predicted molar refractivity (Wildman–Crippen MR) is 407 cm³/mol. The summed E-state index contributed by atoms with van der Waals surface area (Å²) in [5.74, 6) is 0. The molecule has 2 aliphatic rings. The summed E-state index contributed by atoms with van der Waals surface area (Å²) < 4.78 is 0. The van der Waals surface area contributed by atoms with Gasteiger partial charge in [0.1, 0.15) is 0 Å². The van der Waals surface area contributed by atoms with Crippen LogP contribution in [0, 0.1) is 20.9 Å². The van der Waals surface area contributed by atoms with E-state index in [2.05, 4.69) is 328 Å². The number of rotatable bonds is 8. The lowest BCUT2D eigenvalue weighted by Gasteiger charge is -2.21. The summed E-state index contributed by atoms with van der Waals surface area (Å²) in [6, 6.07) is 124. The van der Waals surface area contributed by atoms with E-state index in [1.54, 1.807) is 0 Å². The van der Waals surface area contributed by atoms with Gasteiger partial charge in [-0.3, -0.25) is 0 Å². The van der Waals surface area contributed by atoms with E-state index < -0.39 is 0 Å². The van der Waals surface area contributed by atoms with Crippen LogP contribution in [0.25, 0.3) is 208 Å². The van der Waals surface area contributed by atoms with Crippen molar-refractivity contribution in [1.82, 2.24) is 0 Å². The van der Waals surface area contributed by atoms with Crippen molar-refractivity contribution in [3.05, 3.63) is 348 Å². The highest BCUT2D eigenvalue weighted by atomic mass is 14.4. The highest BCUT2D eigenvalue weighted by Gasteiger charge is 2.35. The van der Waals surface area contributed by atoms with Crippen LogP contribution in [0.3, 0.4) is 0 Å². The molecule has 0 bridgehead atoms. The Morgan fingerprint density at radius 1 is 0.125 bits per heavy atom. The highest BCUT2D eigenvalue weighted by Crippen LogP contribution is 2.63. The molecule has 0 aliphatic heterocycles. The SMILES string of the molecule is c1ccc(-c2ccc(-c3ccccc3)c3c2-c2ccc4c5c(-c6ccccc6)cc6c7c(-c8ccccc8)c8c9ccc%10c%11c(ccc(c8c(-c8ccccc8)c7c7ccc(c8c(-c%12ccccc%12)cc-3c2c48)c5c76)c%119)=c2c(-c3ccccc3)ccc(-c3ccccc3)c2=%10)cc1. The maximum atomic E-state index is 2.63. The summed E-state index contributed by atoms with van der Waals surface area (Å²) in [6.07, 6.45) is 0. The van der Waals surface area contributed by atoms with Gasteiger partial charge in [-0.2, -0.15) is 0 Å². The van der Waals surface area contributed by atoms with Gasteiger partial charge in [-0.15, -0.1) is 0 Å². The Balaban J connectivity index is 0.952. The second-order valence-electron chi connectivity index (χ2n) is 26.6. The molecule has 0 heteroatoms. The molecule has 0 saturated carbocycles. The number of benzene rings is 18. The van der Waals surface area contributed by atoms with E-state index in [1.807, 2.05) is 0 Å². The van der Waals surface area contributed by atoms with Crippen LogP contribution < -0.4 is 0 Å². The second-order valence-corrected chi connectivity index (χ2v) is 26.6. The monoisotopic (exact) mass is 1210 g/mol. The van der Waals surface area contributed by atoms with Crippen LogP contribution in [0.1, 0.15) is 0 Å². The second kappa shape index (κ2) is 19.5. The molecule has 0 fully saturated rings. The molecule has 20 aromatic carbocycles. The normalized spacial score (nSPS) is 12.4. The Labute approximate surface area is 553 Å². The van der Waals surface area contributed by atoms with E-state index in [0.717, 1.165) is 0 Å². The Kier molecular flexibility index (Phi) is 10.6. The lowest BCUT2D eigenvalue weighted by Crippen LogP contribution is -1.93. The fraction of sp³-hybridized carbons (Fsp3) is 0. The molecule has 0 nitrogen and oxygen atoms in total. The fourth-order valence-electron chi connectivity index (χ4n) is 18.3. The molecule has 0 aromatic heterocycles. The van der Waals surface area contributed by atoms with E-state index >= 15 is 0 Å². The molecule has 20 aromatic rings. The van der Waals surface area contributed by atoms with Crippen molar-refractivity contribution >= 4 is 97.0 Å². The first kappa shape index (κ1) is 52.1. The summed E-state index contributed by atoms with van der Waals surface area (Å²) in [5.41, 5.74) is 25.0. The molecule has 2 aliphatic carbocycles. The highest BCUT2D eigenvalue weighted by molar-refractivity contribution is 6.51. The molecule has 96 heavy (non-hydrogen) atoms. The first-order valence-corrected chi connectivity index (χ1v) is 33.7. The number of fused-ring (bicyclic) bond motifs is 12. The van der Waals surface area contributed by atoms with Gasteiger partial charge >= 0.3 is 0 Å². The molecular formula is C96H54.